The molecular formula is C14H15ClFN5. The van der Waals surface area contributed by atoms with E-state index in [1.54, 1.807) is 12.1 Å². The van der Waals surface area contributed by atoms with Crippen LogP contribution >= 0.6 is 11.6 Å². The number of hydrogen-bond donors (Lipinski definition) is 3. The van der Waals surface area contributed by atoms with Gasteiger partial charge in [-0.25, -0.2) is 20.2 Å². The molecule has 0 spiro atoms. The van der Waals surface area contributed by atoms with Crippen molar-refractivity contribution >= 4 is 28.9 Å². The summed E-state index contributed by atoms with van der Waals surface area (Å²) >= 11 is 5.79. The SMILES string of the molecule is Cc1c(NN)nc(C2CC2)nc1Nc1cccc(Cl)c1F. The van der Waals surface area contributed by atoms with Crippen LogP contribution in [-0.4, -0.2) is 9.97 Å². The number of nitrogen functional groups attached to an aromatic ring is 1. The van der Waals surface area contributed by atoms with E-state index < -0.39 is 5.82 Å². The summed E-state index contributed by atoms with van der Waals surface area (Å²) in [6, 6.07) is 4.78. The summed E-state index contributed by atoms with van der Waals surface area (Å²) < 4.78 is 14.0. The summed E-state index contributed by atoms with van der Waals surface area (Å²) in [5.74, 6) is 7.14. The van der Waals surface area contributed by atoms with E-state index in [0.717, 1.165) is 24.2 Å². The Morgan fingerprint density at radius 3 is 2.67 bits per heavy atom. The molecule has 0 unspecified atom stereocenters. The van der Waals surface area contributed by atoms with Crippen molar-refractivity contribution < 1.29 is 4.39 Å². The molecule has 110 valence electrons. The van der Waals surface area contributed by atoms with Gasteiger partial charge in [0.1, 0.15) is 17.5 Å². The molecule has 1 aliphatic rings. The van der Waals surface area contributed by atoms with Crippen LogP contribution in [0.3, 0.4) is 0 Å². The molecule has 1 heterocycles. The van der Waals surface area contributed by atoms with E-state index in [2.05, 4.69) is 20.7 Å². The Kier molecular flexibility index (Phi) is 3.65. The maximum absolute atomic E-state index is 14.0. The highest BCUT2D eigenvalue weighted by Gasteiger charge is 2.28. The van der Waals surface area contributed by atoms with Gasteiger partial charge in [-0.3, -0.25) is 0 Å². The molecule has 1 aromatic carbocycles. The first-order valence-electron chi connectivity index (χ1n) is 6.66. The maximum Gasteiger partial charge on any atom is 0.165 e. The normalized spacial score (nSPS) is 14.1. The number of nitrogens with two attached hydrogens (primary N) is 1. The van der Waals surface area contributed by atoms with E-state index in [9.17, 15) is 4.39 Å². The number of benzene rings is 1. The first-order chi connectivity index (χ1) is 10.1. The van der Waals surface area contributed by atoms with Gasteiger partial charge in [0, 0.05) is 11.5 Å². The Balaban J connectivity index is 2.01. The zero-order chi connectivity index (χ0) is 15.0. The summed E-state index contributed by atoms with van der Waals surface area (Å²) in [7, 11) is 0. The van der Waals surface area contributed by atoms with Gasteiger partial charge in [0.05, 0.1) is 10.7 Å². The van der Waals surface area contributed by atoms with Gasteiger partial charge in [-0.1, -0.05) is 17.7 Å². The third kappa shape index (κ3) is 2.77. The van der Waals surface area contributed by atoms with Gasteiger partial charge in [0.25, 0.3) is 0 Å². The molecular weight excluding hydrogens is 293 g/mol. The first-order valence-corrected chi connectivity index (χ1v) is 7.04. The third-order valence-corrected chi connectivity index (χ3v) is 3.74. The van der Waals surface area contributed by atoms with Crippen molar-refractivity contribution in [2.75, 3.05) is 10.7 Å². The first kappa shape index (κ1) is 14.0. The fourth-order valence-corrected chi connectivity index (χ4v) is 2.22. The van der Waals surface area contributed by atoms with Gasteiger partial charge >= 0.3 is 0 Å². The highest BCUT2D eigenvalue weighted by molar-refractivity contribution is 6.31. The van der Waals surface area contributed by atoms with Crippen LogP contribution in [0.1, 0.15) is 30.1 Å². The van der Waals surface area contributed by atoms with Crippen molar-refractivity contribution in [3.63, 3.8) is 0 Å². The van der Waals surface area contributed by atoms with E-state index in [4.69, 9.17) is 17.4 Å². The lowest BCUT2D eigenvalue weighted by molar-refractivity contribution is 0.632. The van der Waals surface area contributed by atoms with Crippen molar-refractivity contribution in [3.8, 4) is 0 Å². The van der Waals surface area contributed by atoms with Crippen LogP contribution in [-0.2, 0) is 0 Å². The van der Waals surface area contributed by atoms with E-state index in [1.165, 1.54) is 6.07 Å². The number of nitrogens with zero attached hydrogens (tertiary/aromatic N) is 2. The second kappa shape index (κ2) is 5.46. The van der Waals surface area contributed by atoms with Crippen molar-refractivity contribution in [1.29, 1.82) is 0 Å². The van der Waals surface area contributed by atoms with Gasteiger partial charge in [0.15, 0.2) is 5.82 Å². The van der Waals surface area contributed by atoms with Gasteiger partial charge in [-0.15, -0.1) is 0 Å². The van der Waals surface area contributed by atoms with Crippen molar-refractivity contribution in [3.05, 3.63) is 40.4 Å². The molecule has 3 rings (SSSR count). The van der Waals surface area contributed by atoms with Gasteiger partial charge < -0.3 is 10.7 Å². The second-order valence-corrected chi connectivity index (χ2v) is 5.46. The number of hydrogen-bond acceptors (Lipinski definition) is 5. The standard InChI is InChI=1S/C14H15ClFN5/c1-7-12(18-10-4-2-3-9(15)11(10)16)19-14(8-5-6-8)20-13(7)21-17/h2-4,8H,5-6,17H2,1H3,(H2,18,19,20,21). The Labute approximate surface area is 126 Å². The fraction of sp³-hybridized carbons (Fsp3) is 0.286. The predicted molar refractivity (Wildman–Crippen MR) is 81.2 cm³/mol. The maximum atomic E-state index is 14.0. The highest BCUT2D eigenvalue weighted by atomic mass is 35.5. The smallest absolute Gasteiger partial charge is 0.165 e. The van der Waals surface area contributed by atoms with Gasteiger partial charge in [-0.05, 0) is 31.9 Å². The Bertz CT molecular complexity index is 687. The summed E-state index contributed by atoms with van der Waals surface area (Å²) in [6.45, 7) is 1.82. The van der Waals surface area contributed by atoms with Crippen molar-refractivity contribution in [2.24, 2.45) is 5.84 Å². The molecule has 21 heavy (non-hydrogen) atoms. The molecule has 0 atom stereocenters. The molecule has 0 saturated heterocycles. The van der Waals surface area contributed by atoms with E-state index in [-0.39, 0.29) is 10.7 Å². The second-order valence-electron chi connectivity index (χ2n) is 5.05. The number of halogens is 2. The number of hydrazine groups is 1. The molecule has 0 radical (unpaired) electrons. The molecule has 2 aromatic rings. The van der Waals surface area contributed by atoms with Crippen LogP contribution in [0.5, 0.6) is 0 Å². The fourth-order valence-electron chi connectivity index (χ4n) is 2.05. The molecule has 1 fully saturated rings. The van der Waals surface area contributed by atoms with Gasteiger partial charge in [0.2, 0.25) is 0 Å². The molecule has 7 heteroatoms. The van der Waals surface area contributed by atoms with Crippen molar-refractivity contribution in [1.82, 2.24) is 9.97 Å². The van der Waals surface area contributed by atoms with Gasteiger partial charge in [-0.2, -0.15) is 0 Å². The van der Waals surface area contributed by atoms with Crippen LogP contribution in [0.25, 0.3) is 0 Å². The summed E-state index contributed by atoms with van der Waals surface area (Å²) in [6.07, 6.45) is 2.13. The minimum absolute atomic E-state index is 0.0614. The lowest BCUT2D eigenvalue weighted by Gasteiger charge is -2.14. The topological polar surface area (TPSA) is 75.9 Å². The monoisotopic (exact) mass is 307 g/mol. The molecule has 1 saturated carbocycles. The highest BCUT2D eigenvalue weighted by Crippen LogP contribution is 2.40. The lowest BCUT2D eigenvalue weighted by atomic mass is 10.2. The minimum Gasteiger partial charge on any atom is -0.337 e. The third-order valence-electron chi connectivity index (χ3n) is 3.45. The number of nitrogens with one attached hydrogen (secondary N) is 2. The molecule has 5 nitrogen and oxygen atoms in total. The quantitative estimate of drug-likeness (QED) is 0.595. The molecule has 0 bridgehead atoms. The Hall–Kier alpha value is -1.92. The minimum atomic E-state index is -0.507. The molecule has 1 aliphatic carbocycles. The van der Waals surface area contributed by atoms with Crippen LogP contribution < -0.4 is 16.6 Å². The van der Waals surface area contributed by atoms with Crippen molar-refractivity contribution in [2.45, 2.75) is 25.7 Å². The zero-order valence-electron chi connectivity index (χ0n) is 11.5. The largest absolute Gasteiger partial charge is 0.337 e. The summed E-state index contributed by atoms with van der Waals surface area (Å²) in [5.41, 5.74) is 3.56. The number of aromatic nitrogens is 2. The zero-order valence-corrected chi connectivity index (χ0v) is 12.2. The average Bonchev–Trinajstić information content (AvgIpc) is 3.30. The molecule has 1 aromatic heterocycles. The van der Waals surface area contributed by atoms with Crippen LogP contribution in [0, 0.1) is 12.7 Å². The van der Waals surface area contributed by atoms with Crippen LogP contribution in [0.2, 0.25) is 5.02 Å². The molecule has 0 amide bonds. The van der Waals surface area contributed by atoms with E-state index in [1.807, 2.05) is 6.92 Å². The van der Waals surface area contributed by atoms with Crippen LogP contribution in [0.15, 0.2) is 18.2 Å². The average molecular weight is 308 g/mol. The summed E-state index contributed by atoms with van der Waals surface area (Å²) in [4.78, 5) is 8.87. The summed E-state index contributed by atoms with van der Waals surface area (Å²) in [5, 5.41) is 3.03. The lowest BCUT2D eigenvalue weighted by Crippen LogP contribution is -2.14. The van der Waals surface area contributed by atoms with E-state index in [0.29, 0.717) is 17.6 Å². The molecule has 4 N–H and O–H groups in total. The Morgan fingerprint density at radius 2 is 2.00 bits per heavy atom. The Morgan fingerprint density at radius 1 is 1.29 bits per heavy atom. The van der Waals surface area contributed by atoms with E-state index >= 15 is 0 Å². The molecule has 0 aliphatic heterocycles. The number of anilines is 3. The number of rotatable bonds is 4. The predicted octanol–water partition coefficient (Wildman–Crippen LogP) is 3.48. The van der Waals surface area contributed by atoms with Crippen LogP contribution in [0.4, 0.5) is 21.7 Å².